The van der Waals surface area contributed by atoms with Crippen molar-refractivity contribution in [3.05, 3.63) is 47.8 Å². The summed E-state index contributed by atoms with van der Waals surface area (Å²) in [5.74, 6) is 0.426. The third kappa shape index (κ3) is 4.45. The summed E-state index contributed by atoms with van der Waals surface area (Å²) in [6, 6.07) is 10.5. The molecule has 122 valence electrons. The second kappa shape index (κ2) is 7.63. The normalized spacial score (nSPS) is 10.8. The number of methoxy groups -OCH3 is 1. The maximum atomic E-state index is 14.3. The average Bonchev–Trinajstić information content (AvgIpc) is 2.57. The van der Waals surface area contributed by atoms with E-state index < -0.39 is 0 Å². The molecule has 2 rings (SSSR count). The summed E-state index contributed by atoms with van der Waals surface area (Å²) in [5, 5.41) is 3.07. The highest BCUT2D eigenvalue weighted by atomic mass is 19.1. The number of benzene rings is 2. The molecule has 0 radical (unpaired) electrons. The van der Waals surface area contributed by atoms with Gasteiger partial charge >= 0.3 is 0 Å². The van der Waals surface area contributed by atoms with Gasteiger partial charge in [0.2, 0.25) is 0 Å². The zero-order valence-corrected chi connectivity index (χ0v) is 13.9. The van der Waals surface area contributed by atoms with Gasteiger partial charge < -0.3 is 15.0 Å². The van der Waals surface area contributed by atoms with Crippen LogP contribution in [-0.4, -0.2) is 31.9 Å². The molecule has 4 nitrogen and oxygen atoms in total. The number of aliphatic imine (C=N–C) groups is 1. The molecule has 1 N–H and O–H groups in total. The molecule has 2 aromatic rings. The van der Waals surface area contributed by atoms with Crippen LogP contribution in [0.5, 0.6) is 5.75 Å². The van der Waals surface area contributed by atoms with E-state index in [0.717, 1.165) is 23.5 Å². The standard InChI is InChI=1S/C18H22FN3O/c1-5-22(3)12-20-17-11-16(19)18(10-13(17)2)21-14-6-8-15(23-4)9-7-14/h6-12,21H,5H2,1-4H3. The zero-order chi connectivity index (χ0) is 16.8. The van der Waals surface area contributed by atoms with E-state index in [9.17, 15) is 4.39 Å². The van der Waals surface area contributed by atoms with Gasteiger partial charge in [-0.1, -0.05) is 0 Å². The Morgan fingerprint density at radius 3 is 2.57 bits per heavy atom. The predicted octanol–water partition coefficient (Wildman–Crippen LogP) is 4.50. The van der Waals surface area contributed by atoms with Crippen molar-refractivity contribution in [2.45, 2.75) is 13.8 Å². The Hall–Kier alpha value is -2.56. The molecular weight excluding hydrogens is 293 g/mol. The third-order valence-corrected chi connectivity index (χ3v) is 3.55. The van der Waals surface area contributed by atoms with Crippen LogP contribution in [0, 0.1) is 12.7 Å². The van der Waals surface area contributed by atoms with Gasteiger partial charge in [-0.25, -0.2) is 9.38 Å². The fourth-order valence-electron chi connectivity index (χ4n) is 1.98. The molecule has 0 aliphatic rings. The number of halogens is 1. The van der Waals surface area contributed by atoms with E-state index >= 15 is 0 Å². The van der Waals surface area contributed by atoms with E-state index in [1.807, 2.05) is 50.1 Å². The molecule has 0 saturated heterocycles. The van der Waals surface area contributed by atoms with E-state index in [2.05, 4.69) is 10.3 Å². The lowest BCUT2D eigenvalue weighted by Gasteiger charge is -2.12. The molecule has 0 bridgehead atoms. The first-order valence-electron chi connectivity index (χ1n) is 7.49. The molecule has 0 unspecified atom stereocenters. The van der Waals surface area contributed by atoms with Crippen molar-refractivity contribution in [2.75, 3.05) is 26.0 Å². The fraction of sp³-hybridized carbons (Fsp3) is 0.278. The van der Waals surface area contributed by atoms with Gasteiger partial charge in [0.1, 0.15) is 11.6 Å². The minimum atomic E-state index is -0.335. The van der Waals surface area contributed by atoms with Crippen LogP contribution in [-0.2, 0) is 0 Å². The lowest BCUT2D eigenvalue weighted by Crippen LogP contribution is -2.14. The van der Waals surface area contributed by atoms with Crippen LogP contribution in [0.25, 0.3) is 0 Å². The van der Waals surface area contributed by atoms with Gasteiger partial charge in [-0.2, -0.15) is 0 Å². The van der Waals surface area contributed by atoms with Crippen molar-refractivity contribution in [1.82, 2.24) is 4.90 Å². The Balaban J connectivity index is 2.20. The number of anilines is 2. The first kappa shape index (κ1) is 16.8. The van der Waals surface area contributed by atoms with Crippen LogP contribution in [0.4, 0.5) is 21.5 Å². The zero-order valence-electron chi connectivity index (χ0n) is 13.9. The lowest BCUT2D eigenvalue weighted by molar-refractivity contribution is 0.415. The summed E-state index contributed by atoms with van der Waals surface area (Å²) in [6.45, 7) is 4.79. The van der Waals surface area contributed by atoms with Gasteiger partial charge in [0.25, 0.3) is 0 Å². The predicted molar refractivity (Wildman–Crippen MR) is 93.9 cm³/mol. The second-order valence-corrected chi connectivity index (χ2v) is 5.29. The van der Waals surface area contributed by atoms with Crippen molar-refractivity contribution in [3.63, 3.8) is 0 Å². The number of nitrogens with zero attached hydrogens (tertiary/aromatic N) is 2. The Labute approximate surface area is 136 Å². The van der Waals surface area contributed by atoms with Gasteiger partial charge in [0, 0.05) is 25.3 Å². The summed E-state index contributed by atoms with van der Waals surface area (Å²) in [6.07, 6.45) is 1.71. The van der Waals surface area contributed by atoms with E-state index in [4.69, 9.17) is 4.74 Å². The maximum absolute atomic E-state index is 14.3. The Morgan fingerprint density at radius 2 is 1.96 bits per heavy atom. The summed E-state index contributed by atoms with van der Waals surface area (Å²) in [4.78, 5) is 6.26. The number of ether oxygens (including phenoxy) is 1. The van der Waals surface area contributed by atoms with Gasteiger partial charge in [0.15, 0.2) is 0 Å². The van der Waals surface area contributed by atoms with Crippen LogP contribution in [0.15, 0.2) is 41.4 Å². The summed E-state index contributed by atoms with van der Waals surface area (Å²) in [5.41, 5.74) is 2.76. The minimum Gasteiger partial charge on any atom is -0.497 e. The number of hydrogen-bond donors (Lipinski definition) is 1. The van der Waals surface area contributed by atoms with Crippen molar-refractivity contribution in [3.8, 4) is 5.75 Å². The smallest absolute Gasteiger partial charge is 0.148 e. The second-order valence-electron chi connectivity index (χ2n) is 5.29. The summed E-state index contributed by atoms with van der Waals surface area (Å²) in [7, 11) is 3.54. The molecule has 2 aromatic carbocycles. The van der Waals surface area contributed by atoms with Gasteiger partial charge in [-0.05, 0) is 49.7 Å². The first-order chi connectivity index (χ1) is 11.0. The molecule has 5 heteroatoms. The third-order valence-electron chi connectivity index (χ3n) is 3.55. The monoisotopic (exact) mass is 315 g/mol. The van der Waals surface area contributed by atoms with E-state index in [0.29, 0.717) is 11.4 Å². The molecule has 0 spiro atoms. The van der Waals surface area contributed by atoms with Crippen molar-refractivity contribution >= 4 is 23.4 Å². The van der Waals surface area contributed by atoms with Gasteiger partial charge in [0.05, 0.1) is 24.8 Å². The highest BCUT2D eigenvalue weighted by Crippen LogP contribution is 2.28. The van der Waals surface area contributed by atoms with Gasteiger partial charge in [-0.15, -0.1) is 0 Å². The van der Waals surface area contributed by atoms with Crippen LogP contribution < -0.4 is 10.1 Å². The molecule has 0 aliphatic carbocycles. The topological polar surface area (TPSA) is 36.9 Å². The Bertz CT molecular complexity index is 683. The van der Waals surface area contributed by atoms with Crippen molar-refractivity contribution in [1.29, 1.82) is 0 Å². The largest absolute Gasteiger partial charge is 0.497 e. The van der Waals surface area contributed by atoms with E-state index in [-0.39, 0.29) is 5.82 Å². The van der Waals surface area contributed by atoms with Crippen LogP contribution in [0.3, 0.4) is 0 Å². The molecule has 0 aliphatic heterocycles. The van der Waals surface area contributed by atoms with E-state index in [1.165, 1.54) is 6.07 Å². The maximum Gasteiger partial charge on any atom is 0.148 e. The fourth-order valence-corrected chi connectivity index (χ4v) is 1.98. The molecule has 0 amide bonds. The quantitative estimate of drug-likeness (QED) is 0.630. The molecule has 0 heterocycles. The molecule has 0 fully saturated rings. The van der Waals surface area contributed by atoms with Crippen LogP contribution >= 0.6 is 0 Å². The number of aryl methyl sites for hydroxylation is 1. The van der Waals surface area contributed by atoms with Crippen molar-refractivity contribution < 1.29 is 9.13 Å². The SMILES string of the molecule is CCN(C)C=Nc1cc(F)c(Nc2ccc(OC)cc2)cc1C. The Kier molecular flexibility index (Phi) is 5.57. The minimum absolute atomic E-state index is 0.335. The molecule has 23 heavy (non-hydrogen) atoms. The molecule has 0 saturated carbocycles. The van der Waals surface area contributed by atoms with Crippen LogP contribution in [0.1, 0.15) is 12.5 Å². The molecular formula is C18H22FN3O. The highest BCUT2D eigenvalue weighted by Gasteiger charge is 2.07. The molecule has 0 atom stereocenters. The lowest BCUT2D eigenvalue weighted by atomic mass is 10.1. The summed E-state index contributed by atoms with van der Waals surface area (Å²) >= 11 is 0. The summed E-state index contributed by atoms with van der Waals surface area (Å²) < 4.78 is 19.4. The number of hydrogen-bond acceptors (Lipinski definition) is 3. The highest BCUT2D eigenvalue weighted by molar-refractivity contribution is 5.68. The number of nitrogens with one attached hydrogen (secondary N) is 1. The van der Waals surface area contributed by atoms with Crippen molar-refractivity contribution in [2.24, 2.45) is 4.99 Å². The Morgan fingerprint density at radius 1 is 1.26 bits per heavy atom. The number of rotatable bonds is 6. The first-order valence-corrected chi connectivity index (χ1v) is 7.49. The van der Waals surface area contributed by atoms with Crippen LogP contribution in [0.2, 0.25) is 0 Å². The average molecular weight is 315 g/mol. The van der Waals surface area contributed by atoms with E-state index in [1.54, 1.807) is 19.5 Å². The van der Waals surface area contributed by atoms with Gasteiger partial charge in [-0.3, -0.25) is 0 Å². The molecule has 0 aromatic heterocycles.